The Balaban J connectivity index is 1.55. The number of hydrogen-bond acceptors (Lipinski definition) is 3. The van der Waals surface area contributed by atoms with Crippen LogP contribution in [0.5, 0.6) is 0 Å². The molecular formula is C19H15BrFN5O2. The van der Waals surface area contributed by atoms with Gasteiger partial charge in [0.05, 0.1) is 22.2 Å². The number of halogens is 2. The number of benzene rings is 2. The van der Waals surface area contributed by atoms with Crippen LogP contribution in [-0.2, 0) is 0 Å². The van der Waals surface area contributed by atoms with Gasteiger partial charge in [0.25, 0.3) is 0 Å². The molecule has 4 rings (SSSR count). The van der Waals surface area contributed by atoms with Gasteiger partial charge >= 0.3 is 12.1 Å². The molecule has 3 N–H and O–H groups in total. The van der Waals surface area contributed by atoms with Gasteiger partial charge in [0.15, 0.2) is 0 Å². The van der Waals surface area contributed by atoms with Gasteiger partial charge in [0.2, 0.25) is 0 Å². The van der Waals surface area contributed by atoms with E-state index in [2.05, 4.69) is 36.8 Å². The molecule has 2 heterocycles. The summed E-state index contributed by atoms with van der Waals surface area (Å²) in [5, 5.41) is 13.1. The van der Waals surface area contributed by atoms with Crippen LogP contribution in [0.3, 0.4) is 0 Å². The van der Waals surface area contributed by atoms with E-state index in [4.69, 9.17) is 0 Å². The SMILES string of the molecule is CC1=CC(c2ccc(F)c(Br)c2)NC(=O)N1C(=O)Nc1ccc2[nH]ncc2c1. The second kappa shape index (κ2) is 7.08. The third kappa shape index (κ3) is 3.36. The summed E-state index contributed by atoms with van der Waals surface area (Å²) in [6, 6.07) is 8.18. The van der Waals surface area contributed by atoms with E-state index in [9.17, 15) is 14.0 Å². The van der Waals surface area contributed by atoms with Crippen molar-refractivity contribution in [1.82, 2.24) is 20.4 Å². The van der Waals surface area contributed by atoms with E-state index in [-0.39, 0.29) is 5.82 Å². The summed E-state index contributed by atoms with van der Waals surface area (Å²) >= 11 is 3.14. The van der Waals surface area contributed by atoms with Gasteiger partial charge in [-0.15, -0.1) is 0 Å². The molecule has 0 radical (unpaired) electrons. The van der Waals surface area contributed by atoms with Crippen LogP contribution in [0.1, 0.15) is 18.5 Å². The van der Waals surface area contributed by atoms with E-state index in [1.54, 1.807) is 49.5 Å². The summed E-state index contributed by atoms with van der Waals surface area (Å²) in [5.41, 5.74) is 2.56. The lowest BCUT2D eigenvalue weighted by molar-refractivity contribution is 0.199. The van der Waals surface area contributed by atoms with Crippen LogP contribution >= 0.6 is 15.9 Å². The molecule has 4 amide bonds. The fourth-order valence-electron chi connectivity index (χ4n) is 3.05. The predicted octanol–water partition coefficient (Wildman–Crippen LogP) is 4.67. The molecule has 0 fully saturated rings. The van der Waals surface area contributed by atoms with E-state index in [1.165, 1.54) is 6.07 Å². The predicted molar refractivity (Wildman–Crippen MR) is 106 cm³/mol. The van der Waals surface area contributed by atoms with Crippen molar-refractivity contribution in [3.8, 4) is 0 Å². The standard InChI is InChI=1S/C19H15BrFN5O2/c1-10-6-17(11-2-4-15(21)14(20)8-11)24-19(28)26(10)18(27)23-13-3-5-16-12(7-13)9-22-25-16/h2-9,17H,1H3,(H,22,25)(H,23,27)(H,24,28). The highest BCUT2D eigenvalue weighted by Gasteiger charge is 2.30. The van der Waals surface area contributed by atoms with Gasteiger partial charge in [-0.3, -0.25) is 5.10 Å². The van der Waals surface area contributed by atoms with Crippen molar-refractivity contribution in [1.29, 1.82) is 0 Å². The first-order chi connectivity index (χ1) is 13.4. The zero-order chi connectivity index (χ0) is 19.8. The summed E-state index contributed by atoms with van der Waals surface area (Å²) in [7, 11) is 0. The van der Waals surface area contributed by atoms with E-state index < -0.39 is 18.1 Å². The average molecular weight is 444 g/mol. The number of hydrogen-bond donors (Lipinski definition) is 3. The maximum absolute atomic E-state index is 13.5. The number of urea groups is 2. The highest BCUT2D eigenvalue weighted by Crippen LogP contribution is 2.27. The number of aromatic amines is 1. The Morgan fingerprint density at radius 2 is 2.11 bits per heavy atom. The Bertz CT molecular complexity index is 1130. The number of nitrogens with one attached hydrogen (secondary N) is 3. The molecule has 3 aromatic rings. The van der Waals surface area contributed by atoms with Crippen LogP contribution in [-0.4, -0.2) is 27.2 Å². The first kappa shape index (κ1) is 18.2. The number of fused-ring (bicyclic) bond motifs is 1. The Morgan fingerprint density at radius 1 is 1.29 bits per heavy atom. The minimum Gasteiger partial charge on any atom is -0.327 e. The van der Waals surface area contributed by atoms with Crippen LogP contribution < -0.4 is 10.6 Å². The number of imide groups is 1. The largest absolute Gasteiger partial charge is 0.334 e. The smallest absolute Gasteiger partial charge is 0.327 e. The molecule has 9 heteroatoms. The maximum Gasteiger partial charge on any atom is 0.334 e. The Morgan fingerprint density at radius 3 is 2.86 bits per heavy atom. The fraction of sp³-hybridized carbons (Fsp3) is 0.105. The van der Waals surface area contributed by atoms with E-state index in [0.717, 1.165) is 15.8 Å². The van der Waals surface area contributed by atoms with Gasteiger partial charge in [-0.05, 0) is 64.8 Å². The number of nitrogens with zero attached hydrogens (tertiary/aromatic N) is 2. The van der Waals surface area contributed by atoms with Crippen molar-refractivity contribution in [2.75, 3.05) is 5.32 Å². The van der Waals surface area contributed by atoms with Crippen LogP contribution in [0.15, 0.2) is 58.8 Å². The minimum atomic E-state index is -0.576. The number of amides is 4. The maximum atomic E-state index is 13.5. The zero-order valence-electron chi connectivity index (χ0n) is 14.7. The molecule has 7 nitrogen and oxygen atoms in total. The number of anilines is 1. The molecule has 142 valence electrons. The molecule has 0 spiro atoms. The molecule has 0 saturated carbocycles. The Kier molecular flexibility index (Phi) is 4.60. The van der Waals surface area contributed by atoms with Crippen molar-refractivity contribution < 1.29 is 14.0 Å². The Hall–Kier alpha value is -3.20. The molecule has 0 saturated heterocycles. The molecule has 0 aliphatic carbocycles. The lowest BCUT2D eigenvalue weighted by Crippen LogP contribution is -2.48. The lowest BCUT2D eigenvalue weighted by atomic mass is 10.0. The van der Waals surface area contributed by atoms with Crippen LogP contribution in [0.25, 0.3) is 10.9 Å². The average Bonchev–Trinajstić information content (AvgIpc) is 3.11. The highest BCUT2D eigenvalue weighted by atomic mass is 79.9. The van der Waals surface area contributed by atoms with Gasteiger partial charge in [0, 0.05) is 16.8 Å². The van der Waals surface area contributed by atoms with Gasteiger partial charge in [-0.25, -0.2) is 18.9 Å². The van der Waals surface area contributed by atoms with Crippen molar-refractivity contribution in [2.45, 2.75) is 13.0 Å². The third-order valence-corrected chi connectivity index (χ3v) is 5.05. The minimum absolute atomic E-state index is 0.306. The van der Waals surface area contributed by atoms with Gasteiger partial charge in [-0.1, -0.05) is 6.07 Å². The van der Waals surface area contributed by atoms with E-state index in [0.29, 0.717) is 21.4 Å². The topological polar surface area (TPSA) is 90.1 Å². The molecule has 1 aliphatic rings. The molecule has 1 unspecified atom stereocenters. The molecule has 28 heavy (non-hydrogen) atoms. The van der Waals surface area contributed by atoms with Crippen molar-refractivity contribution in [3.05, 3.63) is 70.2 Å². The number of allylic oxidation sites excluding steroid dienone is 1. The highest BCUT2D eigenvalue weighted by molar-refractivity contribution is 9.10. The number of aromatic nitrogens is 2. The molecule has 1 atom stereocenters. The first-order valence-corrected chi connectivity index (χ1v) is 9.20. The first-order valence-electron chi connectivity index (χ1n) is 8.40. The van der Waals surface area contributed by atoms with Crippen molar-refractivity contribution in [2.24, 2.45) is 0 Å². The van der Waals surface area contributed by atoms with E-state index >= 15 is 0 Å². The van der Waals surface area contributed by atoms with Crippen molar-refractivity contribution in [3.63, 3.8) is 0 Å². The van der Waals surface area contributed by atoms with E-state index in [1.807, 2.05) is 0 Å². The summed E-state index contributed by atoms with van der Waals surface area (Å²) < 4.78 is 13.8. The summed E-state index contributed by atoms with van der Waals surface area (Å²) in [5.74, 6) is -0.387. The zero-order valence-corrected chi connectivity index (χ0v) is 16.2. The number of H-pyrrole nitrogens is 1. The summed E-state index contributed by atoms with van der Waals surface area (Å²) in [6.07, 6.45) is 3.38. The second-order valence-electron chi connectivity index (χ2n) is 6.35. The number of carbonyl (C=O) groups excluding carboxylic acids is 2. The van der Waals surface area contributed by atoms with Crippen LogP contribution in [0.4, 0.5) is 19.7 Å². The van der Waals surface area contributed by atoms with Gasteiger partial charge in [0.1, 0.15) is 5.82 Å². The van der Waals surface area contributed by atoms with Crippen LogP contribution in [0.2, 0.25) is 0 Å². The third-order valence-electron chi connectivity index (χ3n) is 4.44. The molecule has 1 aromatic heterocycles. The van der Waals surface area contributed by atoms with Crippen LogP contribution in [0, 0.1) is 5.82 Å². The molecule has 2 aromatic carbocycles. The number of rotatable bonds is 2. The monoisotopic (exact) mass is 443 g/mol. The fourth-order valence-corrected chi connectivity index (χ4v) is 3.45. The second-order valence-corrected chi connectivity index (χ2v) is 7.20. The normalized spacial score (nSPS) is 16.7. The van der Waals surface area contributed by atoms with Crippen molar-refractivity contribution >= 4 is 44.6 Å². The Labute approximate surface area is 167 Å². The summed E-state index contributed by atoms with van der Waals surface area (Å²) in [4.78, 5) is 26.2. The summed E-state index contributed by atoms with van der Waals surface area (Å²) in [6.45, 7) is 1.67. The molecule has 1 aliphatic heterocycles. The molecule has 0 bridgehead atoms. The number of carbonyl (C=O) groups is 2. The quantitative estimate of drug-likeness (QED) is 0.537. The van der Waals surface area contributed by atoms with Gasteiger partial charge in [-0.2, -0.15) is 5.10 Å². The van der Waals surface area contributed by atoms with Gasteiger partial charge < -0.3 is 10.6 Å². The molecular weight excluding hydrogens is 429 g/mol. The lowest BCUT2D eigenvalue weighted by Gasteiger charge is -2.30.